The van der Waals surface area contributed by atoms with Crippen molar-refractivity contribution < 1.29 is 31.4 Å². The minimum Gasteiger partial charge on any atom is -1.00 e. The van der Waals surface area contributed by atoms with Crippen molar-refractivity contribution in [2.24, 2.45) is 0 Å². The number of fused-ring (bicyclic) bond motifs is 1. The fourth-order valence-corrected chi connectivity index (χ4v) is 3.16. The fraction of sp³-hybridized carbons (Fsp3) is 0.526. The molecule has 160 valence electrons. The second-order valence-electron chi connectivity index (χ2n) is 6.70. The number of ether oxygens (including phenoxy) is 3. The highest BCUT2D eigenvalue weighted by atomic mass is 35.5. The highest BCUT2D eigenvalue weighted by Gasteiger charge is 2.22. The summed E-state index contributed by atoms with van der Waals surface area (Å²) >= 11 is 0. The number of nitrogens with two attached hydrogens (primary N) is 1. The average molecular weight is 425 g/mol. The van der Waals surface area contributed by atoms with Gasteiger partial charge in [-0.15, -0.1) is 0 Å². The number of amides is 1. The number of anilines is 2. The van der Waals surface area contributed by atoms with Crippen LogP contribution in [0, 0.1) is 0 Å². The zero-order chi connectivity index (χ0) is 20.1. The Morgan fingerprint density at radius 2 is 2.03 bits per heavy atom. The van der Waals surface area contributed by atoms with E-state index in [0.29, 0.717) is 53.9 Å². The van der Waals surface area contributed by atoms with Gasteiger partial charge in [0.1, 0.15) is 11.9 Å². The smallest absolute Gasteiger partial charge is 0.249 e. The third kappa shape index (κ3) is 5.30. The second-order valence-corrected chi connectivity index (χ2v) is 6.70. The number of carbonyl (C=O) groups excluding carboxylic acids is 1. The molecule has 1 aliphatic heterocycles. The van der Waals surface area contributed by atoms with E-state index in [4.69, 9.17) is 19.9 Å². The molecule has 1 aromatic carbocycles. The second kappa shape index (κ2) is 10.3. The van der Waals surface area contributed by atoms with Crippen LogP contribution < -0.4 is 37.8 Å². The van der Waals surface area contributed by atoms with Crippen molar-refractivity contribution in [2.45, 2.75) is 25.4 Å². The number of benzene rings is 1. The van der Waals surface area contributed by atoms with Crippen LogP contribution in [0.5, 0.6) is 11.5 Å². The first kappa shape index (κ1) is 22.8. The van der Waals surface area contributed by atoms with Gasteiger partial charge in [0, 0.05) is 38.2 Å². The molecule has 1 atom stereocenters. The molecule has 1 aromatic heterocycles. The van der Waals surface area contributed by atoms with E-state index in [9.17, 15) is 4.79 Å². The lowest BCUT2D eigenvalue weighted by Gasteiger charge is -2.19. The van der Waals surface area contributed by atoms with Crippen LogP contribution in [0.3, 0.4) is 0 Å². The summed E-state index contributed by atoms with van der Waals surface area (Å²) in [5.74, 6) is 2.02. The molecule has 9 nitrogen and oxygen atoms in total. The highest BCUT2D eigenvalue weighted by molar-refractivity contribution is 5.91. The van der Waals surface area contributed by atoms with E-state index in [2.05, 4.69) is 15.3 Å². The van der Waals surface area contributed by atoms with E-state index in [-0.39, 0.29) is 24.4 Å². The number of methoxy groups -OCH3 is 2. The summed E-state index contributed by atoms with van der Waals surface area (Å²) in [5, 5.41) is 3.62. The maximum absolute atomic E-state index is 12.0. The normalized spacial score (nSPS) is 15.6. The minimum absolute atomic E-state index is 0. The number of aromatic nitrogens is 2. The first-order chi connectivity index (χ1) is 13.5. The number of nitrogens with zero attached hydrogens (tertiary/aromatic N) is 3. The summed E-state index contributed by atoms with van der Waals surface area (Å²) < 4.78 is 16.0. The molecule has 3 N–H and O–H groups in total. The SMILES string of the molecule is COc1cc2nc(N(C)CCCNC(=O)C3CCCO3)nc(N)c2cc1OC.[Cl-]. The summed E-state index contributed by atoms with van der Waals surface area (Å²) in [5.41, 5.74) is 6.81. The molecule has 0 bridgehead atoms. The lowest BCUT2D eigenvalue weighted by Crippen LogP contribution is -3.00. The molecule has 1 unspecified atom stereocenters. The Hall–Kier alpha value is -2.52. The Bertz CT molecular complexity index is 845. The standard InChI is InChI=1S/C19H27N5O4.ClH/c1-24(8-5-7-21-18(25)14-6-4-9-28-14)19-22-13-11-16(27-3)15(26-2)10-12(13)17(20)23-19;/h10-11,14H,4-9H2,1-3H3,(H,21,25)(H2,20,22,23);1H/p-1. The van der Waals surface area contributed by atoms with Gasteiger partial charge in [0.2, 0.25) is 11.9 Å². The Morgan fingerprint density at radius 1 is 1.31 bits per heavy atom. The van der Waals surface area contributed by atoms with Crippen LogP contribution in [-0.4, -0.2) is 62.9 Å². The summed E-state index contributed by atoms with van der Waals surface area (Å²) in [6.45, 7) is 1.90. The van der Waals surface area contributed by atoms with Crippen LogP contribution in [0.2, 0.25) is 0 Å². The number of carbonyl (C=O) groups is 1. The van der Waals surface area contributed by atoms with E-state index in [1.165, 1.54) is 0 Å². The molecule has 1 amide bonds. The van der Waals surface area contributed by atoms with Crippen molar-refractivity contribution in [3.63, 3.8) is 0 Å². The van der Waals surface area contributed by atoms with Crippen LogP contribution in [0.1, 0.15) is 19.3 Å². The molecule has 10 heteroatoms. The van der Waals surface area contributed by atoms with Crippen LogP contribution in [0.25, 0.3) is 10.9 Å². The van der Waals surface area contributed by atoms with Crippen molar-refractivity contribution in [3.05, 3.63) is 12.1 Å². The molecule has 2 aromatic rings. The third-order valence-electron chi connectivity index (χ3n) is 4.75. The maximum Gasteiger partial charge on any atom is 0.249 e. The van der Waals surface area contributed by atoms with E-state index in [0.717, 1.165) is 19.3 Å². The number of nitrogen functional groups attached to an aromatic ring is 1. The summed E-state index contributed by atoms with van der Waals surface area (Å²) in [7, 11) is 5.04. The number of hydrogen-bond donors (Lipinski definition) is 2. The van der Waals surface area contributed by atoms with Crippen molar-refractivity contribution in [1.82, 2.24) is 15.3 Å². The maximum atomic E-state index is 12.0. The van der Waals surface area contributed by atoms with Gasteiger partial charge in [-0.1, -0.05) is 0 Å². The predicted molar refractivity (Wildman–Crippen MR) is 107 cm³/mol. The fourth-order valence-electron chi connectivity index (χ4n) is 3.16. The Kier molecular flexibility index (Phi) is 8.10. The van der Waals surface area contributed by atoms with Gasteiger partial charge in [0.25, 0.3) is 0 Å². The molecule has 3 rings (SSSR count). The Morgan fingerprint density at radius 3 is 2.69 bits per heavy atom. The quantitative estimate of drug-likeness (QED) is 0.485. The van der Waals surface area contributed by atoms with Crippen molar-refractivity contribution in [3.8, 4) is 11.5 Å². The van der Waals surface area contributed by atoms with Gasteiger partial charge < -0.3 is 42.6 Å². The van der Waals surface area contributed by atoms with Crippen LogP contribution in [0.4, 0.5) is 11.8 Å². The number of rotatable bonds is 8. The highest BCUT2D eigenvalue weighted by Crippen LogP contribution is 2.33. The van der Waals surface area contributed by atoms with E-state index < -0.39 is 0 Å². The topological polar surface area (TPSA) is 112 Å². The van der Waals surface area contributed by atoms with Crippen molar-refractivity contribution in [1.29, 1.82) is 0 Å². The molecule has 2 heterocycles. The van der Waals surface area contributed by atoms with Gasteiger partial charge >= 0.3 is 0 Å². The van der Waals surface area contributed by atoms with Gasteiger partial charge in [-0.25, -0.2) is 4.98 Å². The summed E-state index contributed by atoms with van der Waals surface area (Å²) in [6.07, 6.45) is 2.19. The Labute approximate surface area is 176 Å². The lowest BCUT2D eigenvalue weighted by molar-refractivity contribution is -0.130. The van der Waals surface area contributed by atoms with Crippen LogP contribution in [0.15, 0.2) is 12.1 Å². The van der Waals surface area contributed by atoms with E-state index >= 15 is 0 Å². The van der Waals surface area contributed by atoms with Gasteiger partial charge in [-0.05, 0) is 25.3 Å². The molecule has 0 saturated carbocycles. The first-order valence-electron chi connectivity index (χ1n) is 9.33. The zero-order valence-electron chi connectivity index (χ0n) is 16.9. The number of nitrogens with one attached hydrogen (secondary N) is 1. The lowest BCUT2D eigenvalue weighted by atomic mass is 10.2. The molecule has 1 fully saturated rings. The molecule has 1 aliphatic rings. The number of halogens is 1. The molecule has 0 aliphatic carbocycles. The zero-order valence-corrected chi connectivity index (χ0v) is 17.7. The Balaban J connectivity index is 0.00000300. The molecule has 1 saturated heterocycles. The molecule has 29 heavy (non-hydrogen) atoms. The van der Waals surface area contributed by atoms with Gasteiger partial charge in [0.05, 0.1) is 19.7 Å². The molecular weight excluding hydrogens is 398 g/mol. The van der Waals surface area contributed by atoms with Gasteiger partial charge in [-0.3, -0.25) is 4.79 Å². The first-order valence-corrected chi connectivity index (χ1v) is 9.33. The minimum atomic E-state index is -0.298. The largest absolute Gasteiger partial charge is 1.00 e. The van der Waals surface area contributed by atoms with Gasteiger partial charge in [0.15, 0.2) is 11.5 Å². The van der Waals surface area contributed by atoms with Crippen molar-refractivity contribution >= 4 is 28.6 Å². The summed E-state index contributed by atoms with van der Waals surface area (Å²) in [6, 6.07) is 3.55. The summed E-state index contributed by atoms with van der Waals surface area (Å²) in [4.78, 5) is 22.8. The van der Waals surface area contributed by atoms with E-state index in [1.807, 2.05) is 11.9 Å². The number of hydrogen-bond acceptors (Lipinski definition) is 8. The van der Waals surface area contributed by atoms with E-state index in [1.54, 1.807) is 26.4 Å². The molecule has 0 spiro atoms. The predicted octanol–water partition coefficient (Wildman–Crippen LogP) is -1.65. The third-order valence-corrected chi connectivity index (χ3v) is 4.75. The molecule has 0 radical (unpaired) electrons. The van der Waals surface area contributed by atoms with Gasteiger partial charge in [-0.2, -0.15) is 4.98 Å². The average Bonchev–Trinajstić information content (AvgIpc) is 3.24. The van der Waals surface area contributed by atoms with Crippen molar-refractivity contribution in [2.75, 3.05) is 51.6 Å². The molecular formula is C19H27ClN5O4-. The van der Waals surface area contributed by atoms with Crippen LogP contribution >= 0.6 is 0 Å². The monoisotopic (exact) mass is 424 g/mol. The van der Waals surface area contributed by atoms with Crippen LogP contribution in [-0.2, 0) is 9.53 Å².